The van der Waals surface area contributed by atoms with Gasteiger partial charge in [-0.2, -0.15) is 0 Å². The van der Waals surface area contributed by atoms with E-state index >= 15 is 0 Å². The maximum atomic E-state index is 13.0. The number of carbonyl (C=O) groups excluding carboxylic acids is 2. The van der Waals surface area contributed by atoms with Gasteiger partial charge in [0, 0.05) is 17.7 Å². The highest BCUT2D eigenvalue weighted by Crippen LogP contribution is 2.26. The van der Waals surface area contributed by atoms with Crippen molar-refractivity contribution in [1.82, 2.24) is 9.97 Å². The molecule has 0 aliphatic heterocycles. The van der Waals surface area contributed by atoms with Crippen LogP contribution in [-0.2, 0) is 4.79 Å². The van der Waals surface area contributed by atoms with Gasteiger partial charge in [0.05, 0.1) is 34.2 Å². The third-order valence-electron chi connectivity index (χ3n) is 5.00. The van der Waals surface area contributed by atoms with Gasteiger partial charge in [-0.05, 0) is 42.8 Å². The van der Waals surface area contributed by atoms with E-state index in [1.54, 1.807) is 37.4 Å². The molecule has 4 rings (SSSR count). The summed E-state index contributed by atoms with van der Waals surface area (Å²) in [6.07, 6.45) is 2.07. The Kier molecular flexibility index (Phi) is 5.71. The molecule has 6 heteroatoms. The average Bonchev–Trinajstić information content (AvgIpc) is 2.80. The molecule has 154 valence electrons. The zero-order chi connectivity index (χ0) is 21.8. The van der Waals surface area contributed by atoms with Crippen molar-refractivity contribution in [2.75, 3.05) is 10.6 Å². The first kappa shape index (κ1) is 20.2. The average molecular weight is 410 g/mol. The van der Waals surface area contributed by atoms with Gasteiger partial charge < -0.3 is 10.6 Å². The van der Waals surface area contributed by atoms with E-state index < -0.39 is 0 Å². The topological polar surface area (TPSA) is 84.0 Å². The summed E-state index contributed by atoms with van der Waals surface area (Å²) in [6.45, 7) is 3.69. The smallest absolute Gasteiger partial charge is 0.257 e. The lowest BCUT2D eigenvalue weighted by atomic mass is 10.1. The fourth-order valence-corrected chi connectivity index (χ4v) is 3.23. The fraction of sp³-hybridized carbons (Fsp3) is 0.120. The molecule has 0 unspecified atom stereocenters. The van der Waals surface area contributed by atoms with E-state index in [2.05, 4.69) is 20.6 Å². The number of hydrogen-bond acceptors (Lipinski definition) is 4. The quantitative estimate of drug-likeness (QED) is 0.473. The first-order chi connectivity index (χ1) is 15.0. The number of hydrogen-bond donors (Lipinski definition) is 2. The highest BCUT2D eigenvalue weighted by Gasteiger charge is 2.14. The molecule has 0 aliphatic carbocycles. The second kappa shape index (κ2) is 8.75. The Balaban J connectivity index is 1.64. The second-order valence-corrected chi connectivity index (χ2v) is 7.18. The van der Waals surface area contributed by atoms with Gasteiger partial charge in [0.15, 0.2) is 0 Å². The first-order valence-electron chi connectivity index (χ1n) is 10.1. The van der Waals surface area contributed by atoms with Gasteiger partial charge in [-0.1, -0.05) is 43.3 Å². The van der Waals surface area contributed by atoms with Gasteiger partial charge in [-0.25, -0.2) is 4.98 Å². The first-order valence-corrected chi connectivity index (χ1v) is 10.1. The Morgan fingerprint density at radius 1 is 0.871 bits per heavy atom. The maximum Gasteiger partial charge on any atom is 0.257 e. The number of rotatable bonds is 5. The number of nitrogens with zero attached hydrogens (tertiary/aromatic N) is 2. The summed E-state index contributed by atoms with van der Waals surface area (Å²) in [4.78, 5) is 34.0. The largest absolute Gasteiger partial charge is 0.325 e. The monoisotopic (exact) mass is 410 g/mol. The number of para-hydroxylation sites is 3. The molecule has 0 fully saturated rings. The van der Waals surface area contributed by atoms with Crippen LogP contribution in [0.25, 0.3) is 22.3 Å². The molecule has 0 spiro atoms. The molecule has 3 aromatic carbocycles. The molecule has 2 N–H and O–H groups in total. The van der Waals surface area contributed by atoms with Crippen molar-refractivity contribution < 1.29 is 9.59 Å². The van der Waals surface area contributed by atoms with E-state index in [-0.39, 0.29) is 11.8 Å². The van der Waals surface area contributed by atoms with Gasteiger partial charge in [0.2, 0.25) is 5.91 Å². The van der Waals surface area contributed by atoms with Crippen LogP contribution in [0.3, 0.4) is 0 Å². The third kappa shape index (κ3) is 4.43. The number of amides is 2. The normalized spacial score (nSPS) is 10.6. The highest BCUT2D eigenvalue weighted by molar-refractivity contribution is 6.10. The van der Waals surface area contributed by atoms with Crippen LogP contribution in [-0.4, -0.2) is 21.8 Å². The molecule has 6 nitrogen and oxygen atoms in total. The van der Waals surface area contributed by atoms with E-state index in [4.69, 9.17) is 0 Å². The predicted molar refractivity (Wildman–Crippen MR) is 123 cm³/mol. The Morgan fingerprint density at radius 3 is 2.42 bits per heavy atom. The second-order valence-electron chi connectivity index (χ2n) is 7.18. The molecule has 1 heterocycles. The van der Waals surface area contributed by atoms with Crippen molar-refractivity contribution in [3.63, 3.8) is 0 Å². The zero-order valence-electron chi connectivity index (χ0n) is 17.3. The summed E-state index contributed by atoms with van der Waals surface area (Å²) in [6, 6.07) is 20.4. The highest BCUT2D eigenvalue weighted by atomic mass is 16.2. The van der Waals surface area contributed by atoms with Gasteiger partial charge >= 0.3 is 0 Å². The van der Waals surface area contributed by atoms with E-state index in [0.717, 1.165) is 27.9 Å². The van der Waals surface area contributed by atoms with Crippen molar-refractivity contribution in [2.45, 2.75) is 20.3 Å². The molecule has 0 bridgehead atoms. The molecule has 0 radical (unpaired) electrons. The molecular formula is C25H22N4O2. The Labute approximate surface area is 180 Å². The van der Waals surface area contributed by atoms with Gasteiger partial charge in [-0.15, -0.1) is 0 Å². The summed E-state index contributed by atoms with van der Waals surface area (Å²) >= 11 is 0. The van der Waals surface area contributed by atoms with E-state index in [1.165, 1.54) is 0 Å². The molecule has 0 saturated carbocycles. The van der Waals surface area contributed by atoms with Crippen LogP contribution < -0.4 is 10.6 Å². The number of anilines is 2. The fourth-order valence-electron chi connectivity index (χ4n) is 3.23. The Hall–Kier alpha value is -4.06. The molecule has 0 aliphatic rings. The third-order valence-corrected chi connectivity index (χ3v) is 5.00. The summed E-state index contributed by atoms with van der Waals surface area (Å²) < 4.78 is 0. The summed E-state index contributed by atoms with van der Waals surface area (Å²) in [7, 11) is 0. The minimum atomic E-state index is -0.295. The van der Waals surface area contributed by atoms with E-state index in [1.807, 2.05) is 49.4 Å². The van der Waals surface area contributed by atoms with Crippen molar-refractivity contribution in [2.24, 2.45) is 0 Å². The predicted octanol–water partition coefficient (Wildman–Crippen LogP) is 5.21. The number of benzene rings is 3. The lowest BCUT2D eigenvalue weighted by Crippen LogP contribution is -2.18. The van der Waals surface area contributed by atoms with Crippen LogP contribution in [0.1, 0.15) is 29.3 Å². The van der Waals surface area contributed by atoms with E-state index in [9.17, 15) is 9.59 Å². The van der Waals surface area contributed by atoms with Crippen LogP contribution in [0.2, 0.25) is 0 Å². The number of aryl methyl sites for hydroxylation is 1. The Morgan fingerprint density at radius 2 is 1.61 bits per heavy atom. The van der Waals surface area contributed by atoms with Crippen molar-refractivity contribution >= 4 is 34.2 Å². The van der Waals surface area contributed by atoms with Crippen LogP contribution in [0.5, 0.6) is 0 Å². The van der Waals surface area contributed by atoms with Crippen LogP contribution in [0.15, 0.2) is 72.9 Å². The summed E-state index contributed by atoms with van der Waals surface area (Å²) in [5, 5.41) is 5.74. The number of fused-ring (bicyclic) bond motifs is 1. The number of carbonyl (C=O) groups is 2. The molecule has 31 heavy (non-hydrogen) atoms. The Bertz CT molecular complexity index is 1280. The molecule has 0 atom stereocenters. The van der Waals surface area contributed by atoms with Crippen molar-refractivity contribution in [3.05, 3.63) is 84.1 Å². The van der Waals surface area contributed by atoms with Crippen LogP contribution in [0, 0.1) is 6.92 Å². The van der Waals surface area contributed by atoms with Crippen molar-refractivity contribution in [1.29, 1.82) is 0 Å². The SMILES string of the molecule is CCC(=O)Nc1ccccc1C(=O)Nc1cc(-c2cnc3ccccc3n2)ccc1C. The minimum Gasteiger partial charge on any atom is -0.325 e. The zero-order valence-corrected chi connectivity index (χ0v) is 17.3. The standard InChI is InChI=1S/C25H22N4O2/c1-3-24(30)28-19-9-5-4-8-18(19)25(31)29-22-14-17(13-12-16(22)2)23-15-26-20-10-6-7-11-21(20)27-23/h4-15H,3H2,1-2H3,(H,28,30)(H,29,31). The van der Waals surface area contributed by atoms with Gasteiger partial charge in [0.25, 0.3) is 5.91 Å². The number of aromatic nitrogens is 2. The molecule has 1 aromatic heterocycles. The molecule has 2 amide bonds. The molecule has 4 aromatic rings. The lowest BCUT2D eigenvalue weighted by molar-refractivity contribution is -0.115. The van der Waals surface area contributed by atoms with Crippen LogP contribution in [0.4, 0.5) is 11.4 Å². The lowest BCUT2D eigenvalue weighted by Gasteiger charge is -2.13. The molecule has 0 saturated heterocycles. The van der Waals surface area contributed by atoms with E-state index in [0.29, 0.717) is 23.4 Å². The van der Waals surface area contributed by atoms with Crippen LogP contribution >= 0.6 is 0 Å². The summed E-state index contributed by atoms with van der Waals surface area (Å²) in [5.41, 5.74) is 5.71. The number of nitrogens with one attached hydrogen (secondary N) is 2. The maximum absolute atomic E-state index is 13.0. The summed E-state index contributed by atoms with van der Waals surface area (Å²) in [5.74, 6) is -0.440. The van der Waals surface area contributed by atoms with Crippen molar-refractivity contribution in [3.8, 4) is 11.3 Å². The molecular weight excluding hydrogens is 388 g/mol. The van der Waals surface area contributed by atoms with Gasteiger partial charge in [-0.3, -0.25) is 14.6 Å². The van der Waals surface area contributed by atoms with Gasteiger partial charge in [0.1, 0.15) is 0 Å². The minimum absolute atomic E-state index is 0.145.